The summed E-state index contributed by atoms with van der Waals surface area (Å²) in [5.74, 6) is 0. The Bertz CT molecular complexity index is 317. The summed E-state index contributed by atoms with van der Waals surface area (Å²) in [6.07, 6.45) is 9.49. The molecule has 1 aliphatic carbocycles. The number of hydrogen-bond donors (Lipinski definition) is 0. The summed E-state index contributed by atoms with van der Waals surface area (Å²) in [6.45, 7) is 0. The van der Waals surface area contributed by atoms with Crippen molar-refractivity contribution in [3.63, 3.8) is 0 Å². The zero-order valence-corrected chi connectivity index (χ0v) is 11.4. The van der Waals surface area contributed by atoms with Crippen LogP contribution in [0.1, 0.15) is 42.4 Å². The second-order valence-corrected chi connectivity index (χ2v) is 5.54. The zero-order chi connectivity index (χ0) is 10.5. The second-order valence-electron chi connectivity index (χ2n) is 4.46. The Morgan fingerprint density at radius 3 is 2.40 bits per heavy atom. The lowest BCUT2D eigenvalue weighted by molar-refractivity contribution is 0.671. The van der Waals surface area contributed by atoms with E-state index in [4.69, 9.17) is 0 Å². The Morgan fingerprint density at radius 1 is 0.933 bits per heavy atom. The maximum absolute atomic E-state index is 2.47. The summed E-state index contributed by atoms with van der Waals surface area (Å²) >= 11 is 2.47. The van der Waals surface area contributed by atoms with Crippen molar-refractivity contribution in [1.29, 1.82) is 0 Å². The van der Waals surface area contributed by atoms with Crippen molar-refractivity contribution < 1.29 is 0 Å². The van der Waals surface area contributed by atoms with Crippen LogP contribution in [0.25, 0.3) is 0 Å². The molecule has 15 heavy (non-hydrogen) atoms. The van der Waals surface area contributed by atoms with Crippen LogP contribution in [0, 0.1) is 0 Å². The molecule has 0 saturated heterocycles. The fourth-order valence-electron chi connectivity index (χ4n) is 2.18. The van der Waals surface area contributed by atoms with Gasteiger partial charge >= 0.3 is 0 Å². The molecular formula is C14H19I. The highest BCUT2D eigenvalue weighted by molar-refractivity contribution is 14.1. The van der Waals surface area contributed by atoms with Crippen LogP contribution in [0.5, 0.6) is 0 Å². The van der Waals surface area contributed by atoms with E-state index in [0.29, 0.717) is 0 Å². The first-order chi connectivity index (χ1) is 7.40. The normalized spacial score (nSPS) is 13.4. The van der Waals surface area contributed by atoms with Gasteiger partial charge in [-0.05, 0) is 53.2 Å². The molecule has 0 aromatic heterocycles. The summed E-state index contributed by atoms with van der Waals surface area (Å²) in [7, 11) is 0. The van der Waals surface area contributed by atoms with E-state index in [1.807, 2.05) is 0 Å². The molecule has 0 aliphatic heterocycles. The average Bonchev–Trinajstić information content (AvgIpc) is 2.21. The van der Waals surface area contributed by atoms with Gasteiger partial charge in [0, 0.05) is 0 Å². The monoisotopic (exact) mass is 314 g/mol. The molecule has 1 aliphatic rings. The summed E-state index contributed by atoms with van der Waals surface area (Å²) in [6, 6.07) is 7.09. The maximum Gasteiger partial charge on any atom is -0.000473 e. The van der Waals surface area contributed by atoms with Gasteiger partial charge in [-0.2, -0.15) is 0 Å². The Hall–Kier alpha value is -0.0500. The lowest BCUT2D eigenvalue weighted by Crippen LogP contribution is -2.08. The smallest absolute Gasteiger partial charge is 0.000473 e. The van der Waals surface area contributed by atoms with Crippen LogP contribution >= 0.6 is 22.6 Å². The Morgan fingerprint density at radius 2 is 1.73 bits per heavy atom. The lowest BCUT2D eigenvalue weighted by atomic mass is 9.86. The molecule has 1 aromatic carbocycles. The Labute approximate surface area is 107 Å². The van der Waals surface area contributed by atoms with Gasteiger partial charge in [-0.1, -0.05) is 53.6 Å². The van der Waals surface area contributed by atoms with E-state index in [1.54, 1.807) is 16.7 Å². The fourth-order valence-corrected chi connectivity index (χ4v) is 2.72. The Balaban J connectivity index is 1.72. The van der Waals surface area contributed by atoms with Crippen molar-refractivity contribution in [2.45, 2.75) is 44.9 Å². The molecule has 0 nitrogen and oxygen atoms in total. The van der Waals surface area contributed by atoms with Crippen LogP contribution in [0.4, 0.5) is 0 Å². The van der Waals surface area contributed by atoms with Crippen molar-refractivity contribution in [1.82, 2.24) is 0 Å². The van der Waals surface area contributed by atoms with Gasteiger partial charge in [0.1, 0.15) is 0 Å². The van der Waals surface area contributed by atoms with E-state index in [2.05, 4.69) is 40.8 Å². The fraction of sp³-hybridized carbons (Fsp3) is 0.571. The second kappa shape index (κ2) is 5.88. The zero-order valence-electron chi connectivity index (χ0n) is 9.27. The van der Waals surface area contributed by atoms with Crippen molar-refractivity contribution >= 4 is 22.6 Å². The van der Waals surface area contributed by atoms with Gasteiger partial charge in [0.05, 0.1) is 0 Å². The van der Waals surface area contributed by atoms with Crippen molar-refractivity contribution in [3.8, 4) is 0 Å². The van der Waals surface area contributed by atoms with E-state index >= 15 is 0 Å². The predicted molar refractivity (Wildman–Crippen MR) is 74.9 cm³/mol. The largest absolute Gasteiger partial charge is 0.0864 e. The summed E-state index contributed by atoms with van der Waals surface area (Å²) in [5.41, 5.74) is 4.76. The molecule has 0 saturated carbocycles. The van der Waals surface area contributed by atoms with E-state index < -0.39 is 0 Å². The molecule has 0 radical (unpaired) electrons. The molecule has 0 amide bonds. The standard InChI is InChI=1S/C14H19I/c15-10-4-2-1-3-5-12-6-7-13-8-9-14(13)11-12/h6-7,11H,1-5,8-10H2. The van der Waals surface area contributed by atoms with Crippen LogP contribution in [0.3, 0.4) is 0 Å². The van der Waals surface area contributed by atoms with Gasteiger partial charge in [0.2, 0.25) is 0 Å². The van der Waals surface area contributed by atoms with Crippen molar-refractivity contribution in [2.75, 3.05) is 4.43 Å². The van der Waals surface area contributed by atoms with Crippen LogP contribution in [0.2, 0.25) is 0 Å². The highest BCUT2D eigenvalue weighted by Crippen LogP contribution is 2.24. The summed E-state index contributed by atoms with van der Waals surface area (Å²) in [5, 5.41) is 0. The van der Waals surface area contributed by atoms with Crippen LogP contribution in [0.15, 0.2) is 18.2 Å². The van der Waals surface area contributed by atoms with Crippen molar-refractivity contribution in [2.24, 2.45) is 0 Å². The van der Waals surface area contributed by atoms with E-state index in [9.17, 15) is 0 Å². The molecule has 2 rings (SSSR count). The van der Waals surface area contributed by atoms with Crippen LogP contribution in [-0.2, 0) is 19.3 Å². The summed E-state index contributed by atoms with van der Waals surface area (Å²) in [4.78, 5) is 0. The first kappa shape index (κ1) is 11.4. The highest BCUT2D eigenvalue weighted by Gasteiger charge is 2.12. The third-order valence-corrected chi connectivity index (χ3v) is 4.05. The van der Waals surface area contributed by atoms with Gasteiger partial charge < -0.3 is 0 Å². The predicted octanol–water partition coefficient (Wildman–Crippen LogP) is 4.32. The maximum atomic E-state index is 2.47. The lowest BCUT2D eigenvalue weighted by Gasteiger charge is -2.19. The minimum atomic E-state index is 1.29. The number of fused-ring (bicyclic) bond motifs is 1. The molecule has 1 heteroatoms. The molecule has 0 atom stereocenters. The van der Waals surface area contributed by atoms with Gasteiger partial charge in [0.25, 0.3) is 0 Å². The Kier molecular flexibility index (Phi) is 4.48. The third-order valence-electron chi connectivity index (χ3n) is 3.28. The molecule has 0 fully saturated rings. The van der Waals surface area contributed by atoms with E-state index in [0.717, 1.165) is 0 Å². The molecule has 0 N–H and O–H groups in total. The average molecular weight is 314 g/mol. The topological polar surface area (TPSA) is 0 Å². The molecular weight excluding hydrogens is 295 g/mol. The number of alkyl halides is 1. The number of rotatable bonds is 6. The highest BCUT2D eigenvalue weighted by atomic mass is 127. The SMILES string of the molecule is ICCCCCCc1ccc2c(c1)CC2. The number of aryl methyl sites for hydroxylation is 3. The summed E-state index contributed by atoms with van der Waals surface area (Å²) < 4.78 is 1.32. The van der Waals surface area contributed by atoms with Crippen LogP contribution < -0.4 is 0 Å². The van der Waals surface area contributed by atoms with Gasteiger partial charge in [-0.3, -0.25) is 0 Å². The minimum Gasteiger partial charge on any atom is -0.0864 e. The molecule has 0 bridgehead atoms. The molecule has 82 valence electrons. The quantitative estimate of drug-likeness (QED) is 0.417. The number of benzene rings is 1. The first-order valence-electron chi connectivity index (χ1n) is 6.07. The number of unbranched alkanes of at least 4 members (excludes halogenated alkanes) is 3. The molecule has 1 aromatic rings. The number of hydrogen-bond acceptors (Lipinski definition) is 0. The van der Waals surface area contributed by atoms with Gasteiger partial charge in [-0.25, -0.2) is 0 Å². The van der Waals surface area contributed by atoms with E-state index in [1.165, 1.54) is 49.4 Å². The van der Waals surface area contributed by atoms with Crippen LogP contribution in [-0.4, -0.2) is 4.43 Å². The van der Waals surface area contributed by atoms with Crippen molar-refractivity contribution in [3.05, 3.63) is 34.9 Å². The van der Waals surface area contributed by atoms with Gasteiger partial charge in [0.15, 0.2) is 0 Å². The van der Waals surface area contributed by atoms with Gasteiger partial charge in [-0.15, -0.1) is 0 Å². The minimum absolute atomic E-state index is 1.29. The molecule has 0 heterocycles. The third kappa shape index (κ3) is 3.20. The van der Waals surface area contributed by atoms with E-state index in [-0.39, 0.29) is 0 Å². The number of halogens is 1. The first-order valence-corrected chi connectivity index (χ1v) is 7.59. The molecule has 0 unspecified atom stereocenters. The molecule has 0 spiro atoms.